The van der Waals surface area contributed by atoms with Crippen LogP contribution in [-0.2, 0) is 4.74 Å². The van der Waals surface area contributed by atoms with Crippen LogP contribution < -0.4 is 0 Å². The molecular weight excluding hydrogens is 216 g/mol. The van der Waals surface area contributed by atoms with Crippen LogP contribution in [0.15, 0.2) is 0 Å². The Balaban J connectivity index is 2.84. The number of carbonyl (C=O) groups is 1. The number of amides is 1. The fourth-order valence-corrected chi connectivity index (χ4v) is 1.85. The molecule has 0 N–H and O–H groups in total. The molecule has 1 aliphatic heterocycles. The number of carbonyl (C=O) groups excluding carboxylic acids is 1. The van der Waals surface area contributed by atoms with E-state index in [1.807, 2.05) is 0 Å². The number of rotatable bonds is 1. The number of hydrogen-bond acceptors (Lipinski definition) is 3. The molecular formula is C13H26N2O2. The van der Waals surface area contributed by atoms with Gasteiger partial charge in [-0.25, -0.2) is 4.79 Å². The zero-order valence-electron chi connectivity index (χ0n) is 17.0. The van der Waals surface area contributed by atoms with Crippen molar-refractivity contribution in [3.8, 4) is 0 Å². The van der Waals surface area contributed by atoms with Crippen LogP contribution in [0.5, 0.6) is 0 Å². The summed E-state index contributed by atoms with van der Waals surface area (Å²) in [7, 11) is 0. The largest absolute Gasteiger partial charge is 0.444 e. The molecule has 4 heteroatoms. The van der Waals surface area contributed by atoms with E-state index in [2.05, 4.69) is 0 Å². The number of hydrogen-bond donors (Lipinski definition) is 0. The second-order valence-corrected chi connectivity index (χ2v) is 5.42. The average Bonchev–Trinajstić information content (AvgIpc) is 2.25. The molecule has 4 nitrogen and oxygen atoms in total. The van der Waals surface area contributed by atoms with Crippen LogP contribution >= 0.6 is 0 Å². The van der Waals surface area contributed by atoms with Crippen molar-refractivity contribution in [3.63, 3.8) is 0 Å². The number of nitrogens with zero attached hydrogens (tertiary/aromatic N) is 2. The first-order valence-electron chi connectivity index (χ1n) is 8.86. The molecule has 0 bridgehead atoms. The highest BCUT2D eigenvalue weighted by molar-refractivity contribution is 5.68. The number of ether oxygens (including phenoxy) is 1. The molecule has 1 atom stereocenters. The summed E-state index contributed by atoms with van der Waals surface area (Å²) >= 11 is 0. The third-order valence-electron chi connectivity index (χ3n) is 2.66. The van der Waals surface area contributed by atoms with Gasteiger partial charge in [-0.15, -0.1) is 0 Å². The highest BCUT2D eigenvalue weighted by atomic mass is 16.6. The first-order chi connectivity index (χ1) is 10.1. The summed E-state index contributed by atoms with van der Waals surface area (Å²) in [4.78, 5) is 15.0. The van der Waals surface area contributed by atoms with Gasteiger partial charge < -0.3 is 9.64 Å². The monoisotopic (exact) mass is 248 g/mol. The first-order valence-corrected chi connectivity index (χ1v) is 5.86. The third kappa shape index (κ3) is 4.19. The molecule has 0 aliphatic carbocycles. The molecule has 1 fully saturated rings. The van der Waals surface area contributed by atoms with E-state index in [0.29, 0.717) is 0 Å². The molecule has 100 valence electrons. The maximum absolute atomic E-state index is 12.1. The van der Waals surface area contributed by atoms with Gasteiger partial charge in [-0.1, -0.05) is 0 Å². The van der Waals surface area contributed by atoms with Gasteiger partial charge in [-0.05, 0) is 41.4 Å². The molecule has 0 spiro atoms. The zero-order valence-corrected chi connectivity index (χ0v) is 11.0. The lowest BCUT2D eigenvalue weighted by Crippen LogP contribution is -2.56. The molecule has 1 aliphatic rings. The lowest BCUT2D eigenvalue weighted by atomic mass is 10.1. The van der Waals surface area contributed by atoms with Gasteiger partial charge in [0, 0.05) is 39.9 Å². The van der Waals surface area contributed by atoms with Gasteiger partial charge in [-0.3, -0.25) is 4.90 Å². The summed E-state index contributed by atoms with van der Waals surface area (Å²) in [5.74, 6) is 0. The van der Waals surface area contributed by atoms with E-state index in [0.717, 1.165) is 0 Å². The van der Waals surface area contributed by atoms with Gasteiger partial charge in [0.25, 0.3) is 0 Å². The molecule has 17 heavy (non-hydrogen) atoms. The minimum atomic E-state index is -2.62. The zero-order chi connectivity index (χ0) is 18.2. The highest BCUT2D eigenvalue weighted by Gasteiger charge is 2.30. The fourth-order valence-electron chi connectivity index (χ4n) is 1.85. The Kier molecular flexibility index (Phi) is 2.35. The van der Waals surface area contributed by atoms with Crippen molar-refractivity contribution in [1.82, 2.24) is 9.80 Å². The van der Waals surface area contributed by atoms with Crippen molar-refractivity contribution in [2.45, 2.75) is 59.1 Å². The van der Waals surface area contributed by atoms with Gasteiger partial charge in [0.05, 0.1) is 0 Å². The molecule has 1 saturated heterocycles. The molecule has 0 aromatic rings. The Morgan fingerprint density at radius 2 is 2.06 bits per heavy atom. The lowest BCUT2D eigenvalue weighted by Gasteiger charge is -2.42. The van der Waals surface area contributed by atoms with Crippen LogP contribution in [0.4, 0.5) is 4.79 Å². The van der Waals surface area contributed by atoms with Gasteiger partial charge in [0.15, 0.2) is 0 Å². The maximum atomic E-state index is 12.1. The topological polar surface area (TPSA) is 32.8 Å². The van der Waals surface area contributed by atoms with E-state index >= 15 is 0 Å². The van der Waals surface area contributed by atoms with E-state index in [9.17, 15) is 4.79 Å². The fraction of sp³-hybridized carbons (Fsp3) is 0.923. The van der Waals surface area contributed by atoms with Crippen molar-refractivity contribution in [1.29, 1.82) is 0 Å². The summed E-state index contributed by atoms with van der Waals surface area (Å²) in [5.41, 5.74) is -0.614. The van der Waals surface area contributed by atoms with Crippen LogP contribution in [0.1, 0.15) is 49.6 Å². The maximum Gasteiger partial charge on any atom is 0.410 e. The van der Waals surface area contributed by atoms with Gasteiger partial charge in [0.1, 0.15) is 5.60 Å². The summed E-state index contributed by atoms with van der Waals surface area (Å²) < 4.78 is 50.6. The minimum absolute atomic E-state index is 0.182. The molecule has 1 amide bonds. The van der Waals surface area contributed by atoms with Crippen LogP contribution in [0.3, 0.4) is 0 Å². The summed E-state index contributed by atoms with van der Waals surface area (Å²) in [6.07, 6.45) is -0.469. The lowest BCUT2D eigenvalue weighted by molar-refractivity contribution is 0.000847. The van der Waals surface area contributed by atoms with Crippen molar-refractivity contribution >= 4 is 6.09 Å². The Morgan fingerprint density at radius 3 is 2.53 bits per heavy atom. The van der Waals surface area contributed by atoms with E-state index in [1.165, 1.54) is 9.80 Å². The summed E-state index contributed by atoms with van der Waals surface area (Å²) in [6.45, 7) is 2.45. The SMILES string of the molecule is [2H]C([2H])([2H])C(N1CCN(C(=O)OC(C)(C)C)C[C@H]1C)C([2H])([2H])[2H]. The van der Waals surface area contributed by atoms with Crippen molar-refractivity contribution in [3.05, 3.63) is 0 Å². The Hall–Kier alpha value is -0.770. The van der Waals surface area contributed by atoms with Crippen molar-refractivity contribution < 1.29 is 17.8 Å². The molecule has 1 rings (SSSR count). The van der Waals surface area contributed by atoms with Crippen LogP contribution in [0, 0.1) is 0 Å². The van der Waals surface area contributed by atoms with E-state index in [4.69, 9.17) is 13.0 Å². The Labute approximate surface area is 113 Å². The Bertz CT molecular complexity index is 416. The minimum Gasteiger partial charge on any atom is -0.444 e. The predicted octanol–water partition coefficient (Wildman–Crippen LogP) is 2.34. The second kappa shape index (κ2) is 5.25. The highest BCUT2D eigenvalue weighted by Crippen LogP contribution is 2.16. The normalized spacial score (nSPS) is 29.7. The second-order valence-electron chi connectivity index (χ2n) is 5.42. The van der Waals surface area contributed by atoms with Gasteiger partial charge >= 0.3 is 6.09 Å². The van der Waals surface area contributed by atoms with Gasteiger partial charge in [-0.2, -0.15) is 0 Å². The van der Waals surface area contributed by atoms with Crippen molar-refractivity contribution in [2.24, 2.45) is 0 Å². The van der Waals surface area contributed by atoms with E-state index in [1.54, 1.807) is 27.7 Å². The molecule has 0 unspecified atom stereocenters. The smallest absolute Gasteiger partial charge is 0.410 e. The summed E-state index contributed by atoms with van der Waals surface area (Å²) in [5, 5.41) is 0. The summed E-state index contributed by atoms with van der Waals surface area (Å²) in [6, 6.07) is -1.92. The molecule has 0 aromatic carbocycles. The van der Waals surface area contributed by atoms with Crippen LogP contribution in [-0.4, -0.2) is 53.2 Å². The number of piperazine rings is 1. The third-order valence-corrected chi connectivity index (χ3v) is 2.66. The van der Waals surface area contributed by atoms with Crippen molar-refractivity contribution in [2.75, 3.05) is 19.6 Å². The van der Waals surface area contributed by atoms with Crippen LogP contribution in [0.25, 0.3) is 0 Å². The molecule has 0 radical (unpaired) electrons. The first kappa shape index (κ1) is 7.62. The average molecular weight is 248 g/mol. The predicted molar refractivity (Wildman–Crippen MR) is 69.1 cm³/mol. The standard InChI is InChI=1S/C13H26N2O2/c1-10(2)15-8-7-14(9-11(15)3)12(16)17-13(4,5)6/h10-11H,7-9H2,1-6H3/t11-/m1/s1/i1D3,2D3. The molecule has 0 aromatic heterocycles. The van der Waals surface area contributed by atoms with E-state index in [-0.39, 0.29) is 25.7 Å². The van der Waals surface area contributed by atoms with Crippen LogP contribution in [0.2, 0.25) is 0 Å². The Morgan fingerprint density at radius 1 is 1.41 bits per heavy atom. The quantitative estimate of drug-likeness (QED) is 0.714. The molecule has 1 heterocycles. The molecule has 0 saturated carbocycles. The van der Waals surface area contributed by atoms with E-state index < -0.39 is 31.4 Å². The van der Waals surface area contributed by atoms with Gasteiger partial charge in [0.2, 0.25) is 0 Å².